The van der Waals surface area contributed by atoms with Gasteiger partial charge in [0.2, 0.25) is 0 Å². The van der Waals surface area contributed by atoms with E-state index in [1.165, 1.54) is 19.3 Å². The second-order valence-corrected chi connectivity index (χ2v) is 7.99. The lowest BCUT2D eigenvalue weighted by molar-refractivity contribution is 0.0844. The first kappa shape index (κ1) is 16.2. The minimum atomic E-state index is 0.331. The highest BCUT2D eigenvalue weighted by atomic mass is 16.5. The van der Waals surface area contributed by atoms with E-state index in [-0.39, 0.29) is 0 Å². The summed E-state index contributed by atoms with van der Waals surface area (Å²) in [6.07, 6.45) is 3.63. The van der Waals surface area contributed by atoms with E-state index in [9.17, 15) is 5.11 Å². The van der Waals surface area contributed by atoms with E-state index in [2.05, 4.69) is 33.0 Å². The van der Waals surface area contributed by atoms with Crippen LogP contribution in [0.2, 0.25) is 0 Å². The van der Waals surface area contributed by atoms with E-state index in [4.69, 9.17) is 4.74 Å². The quantitative estimate of drug-likeness (QED) is 0.877. The Morgan fingerprint density at radius 3 is 2.38 bits per heavy atom. The summed E-state index contributed by atoms with van der Waals surface area (Å²) in [5, 5.41) is 13.6. The largest absolute Gasteiger partial charge is 0.508 e. The number of phenols is 1. The fourth-order valence-electron chi connectivity index (χ4n) is 4.08. The number of phenolic OH excluding ortho intramolecular Hbond substituents is 1. The maximum Gasteiger partial charge on any atom is 0.120 e. The maximum absolute atomic E-state index is 9.97. The Kier molecular flexibility index (Phi) is 4.52. The van der Waals surface area contributed by atoms with Gasteiger partial charge in [0, 0.05) is 18.2 Å². The smallest absolute Gasteiger partial charge is 0.120 e. The van der Waals surface area contributed by atoms with Crippen LogP contribution in [0, 0.1) is 10.8 Å². The van der Waals surface area contributed by atoms with Crippen molar-refractivity contribution in [2.24, 2.45) is 10.8 Å². The number of nitrogens with one attached hydrogen (secondary N) is 1. The second kappa shape index (κ2) is 5.88. The molecule has 2 N–H and O–H groups in total. The average Bonchev–Trinajstić information content (AvgIpc) is 2.34. The standard InChI is InChI=1S/C18H29NO2/c1-17(2)9-14(10-18(3,4)12-17)19-11-13-8-15(21-5)6-7-16(13)20/h6-8,14,19-20H,9-12H2,1-5H3. The number of aromatic hydroxyl groups is 1. The van der Waals surface area contributed by atoms with Crippen molar-refractivity contribution in [2.75, 3.05) is 7.11 Å². The van der Waals surface area contributed by atoms with Gasteiger partial charge in [0.05, 0.1) is 7.11 Å². The first-order valence-electron chi connectivity index (χ1n) is 7.80. The van der Waals surface area contributed by atoms with Crippen LogP contribution < -0.4 is 10.1 Å². The molecule has 2 rings (SSSR count). The van der Waals surface area contributed by atoms with Crippen LogP contribution in [-0.4, -0.2) is 18.3 Å². The van der Waals surface area contributed by atoms with Crippen molar-refractivity contribution in [1.82, 2.24) is 5.32 Å². The minimum Gasteiger partial charge on any atom is -0.508 e. The van der Waals surface area contributed by atoms with Gasteiger partial charge in [0.25, 0.3) is 0 Å². The summed E-state index contributed by atoms with van der Waals surface area (Å²) in [4.78, 5) is 0. The highest BCUT2D eigenvalue weighted by Gasteiger charge is 2.38. The van der Waals surface area contributed by atoms with Gasteiger partial charge in [0.15, 0.2) is 0 Å². The topological polar surface area (TPSA) is 41.5 Å². The van der Waals surface area contributed by atoms with E-state index >= 15 is 0 Å². The first-order valence-corrected chi connectivity index (χ1v) is 7.80. The SMILES string of the molecule is COc1ccc(O)c(CNC2CC(C)(C)CC(C)(C)C2)c1. The van der Waals surface area contributed by atoms with Gasteiger partial charge in [-0.05, 0) is 48.3 Å². The predicted octanol–water partition coefficient (Wildman–Crippen LogP) is 4.10. The molecule has 1 aliphatic carbocycles. The molecule has 1 aliphatic rings. The average molecular weight is 291 g/mol. The highest BCUT2D eigenvalue weighted by molar-refractivity contribution is 5.39. The molecule has 1 aromatic rings. The molecule has 118 valence electrons. The fourth-order valence-corrected chi connectivity index (χ4v) is 4.08. The monoisotopic (exact) mass is 291 g/mol. The Bertz CT molecular complexity index is 478. The van der Waals surface area contributed by atoms with Crippen LogP contribution >= 0.6 is 0 Å². The van der Waals surface area contributed by atoms with Gasteiger partial charge in [0.1, 0.15) is 11.5 Å². The molecule has 1 fully saturated rings. The molecule has 0 spiro atoms. The second-order valence-electron chi connectivity index (χ2n) is 7.99. The summed E-state index contributed by atoms with van der Waals surface area (Å²) < 4.78 is 5.23. The summed E-state index contributed by atoms with van der Waals surface area (Å²) in [5.41, 5.74) is 1.64. The van der Waals surface area contributed by atoms with Crippen molar-refractivity contribution in [3.8, 4) is 11.5 Å². The lowest BCUT2D eigenvalue weighted by Crippen LogP contribution is -2.43. The van der Waals surface area contributed by atoms with E-state index in [0.717, 1.165) is 11.3 Å². The molecule has 3 heteroatoms. The summed E-state index contributed by atoms with van der Waals surface area (Å²) in [6, 6.07) is 5.88. The zero-order valence-electron chi connectivity index (χ0n) is 14.0. The van der Waals surface area contributed by atoms with Gasteiger partial charge in [-0.1, -0.05) is 27.7 Å². The van der Waals surface area contributed by atoms with Crippen LogP contribution in [0.25, 0.3) is 0 Å². The van der Waals surface area contributed by atoms with Gasteiger partial charge in [-0.3, -0.25) is 0 Å². The number of ether oxygens (including phenoxy) is 1. The molecule has 0 saturated heterocycles. The van der Waals surface area contributed by atoms with Gasteiger partial charge < -0.3 is 15.2 Å². The summed E-state index contributed by atoms with van der Waals surface area (Å²) >= 11 is 0. The number of benzene rings is 1. The van der Waals surface area contributed by atoms with E-state index in [1.54, 1.807) is 19.2 Å². The molecule has 0 atom stereocenters. The van der Waals surface area contributed by atoms with Crippen molar-refractivity contribution >= 4 is 0 Å². The molecular formula is C18H29NO2. The zero-order chi connectivity index (χ0) is 15.7. The van der Waals surface area contributed by atoms with Crippen molar-refractivity contribution in [3.05, 3.63) is 23.8 Å². The third kappa shape index (κ3) is 4.37. The predicted molar refractivity (Wildman–Crippen MR) is 86.7 cm³/mol. The number of methoxy groups -OCH3 is 1. The van der Waals surface area contributed by atoms with E-state index < -0.39 is 0 Å². The molecule has 0 heterocycles. The van der Waals surface area contributed by atoms with Crippen molar-refractivity contribution in [1.29, 1.82) is 0 Å². The normalized spacial score (nSPS) is 21.2. The molecule has 0 aliphatic heterocycles. The molecule has 21 heavy (non-hydrogen) atoms. The van der Waals surface area contributed by atoms with Crippen LogP contribution in [0.3, 0.4) is 0 Å². The molecule has 0 amide bonds. The molecule has 3 nitrogen and oxygen atoms in total. The van der Waals surface area contributed by atoms with Crippen LogP contribution in [0.4, 0.5) is 0 Å². The van der Waals surface area contributed by atoms with Gasteiger partial charge in [-0.2, -0.15) is 0 Å². The molecular weight excluding hydrogens is 262 g/mol. The van der Waals surface area contributed by atoms with Crippen molar-refractivity contribution in [2.45, 2.75) is 59.5 Å². The molecule has 0 bridgehead atoms. The summed E-state index contributed by atoms with van der Waals surface area (Å²) in [6.45, 7) is 10.1. The Morgan fingerprint density at radius 2 is 1.81 bits per heavy atom. The lowest BCUT2D eigenvalue weighted by atomic mass is 9.63. The summed E-state index contributed by atoms with van der Waals surface area (Å²) in [7, 11) is 1.65. The third-order valence-corrected chi connectivity index (χ3v) is 4.42. The Morgan fingerprint density at radius 1 is 1.19 bits per heavy atom. The lowest BCUT2D eigenvalue weighted by Gasteiger charge is -2.45. The van der Waals surface area contributed by atoms with Gasteiger partial charge >= 0.3 is 0 Å². The zero-order valence-corrected chi connectivity index (χ0v) is 14.0. The van der Waals surface area contributed by atoms with E-state index in [0.29, 0.717) is 29.2 Å². The first-order chi connectivity index (χ1) is 9.71. The van der Waals surface area contributed by atoms with Crippen LogP contribution in [0.5, 0.6) is 11.5 Å². The number of rotatable bonds is 4. The molecule has 1 aromatic carbocycles. The molecule has 0 unspecified atom stereocenters. The molecule has 0 aromatic heterocycles. The minimum absolute atomic E-state index is 0.331. The fraction of sp³-hybridized carbons (Fsp3) is 0.667. The highest BCUT2D eigenvalue weighted by Crippen LogP contribution is 2.45. The van der Waals surface area contributed by atoms with Crippen LogP contribution in [-0.2, 0) is 6.54 Å². The number of hydrogen-bond acceptors (Lipinski definition) is 3. The Balaban J connectivity index is 2.02. The third-order valence-electron chi connectivity index (χ3n) is 4.42. The summed E-state index contributed by atoms with van der Waals surface area (Å²) in [5.74, 6) is 1.12. The van der Waals surface area contributed by atoms with Crippen molar-refractivity contribution in [3.63, 3.8) is 0 Å². The van der Waals surface area contributed by atoms with Gasteiger partial charge in [-0.15, -0.1) is 0 Å². The maximum atomic E-state index is 9.97. The molecule has 0 radical (unpaired) electrons. The molecule has 1 saturated carbocycles. The number of hydrogen-bond donors (Lipinski definition) is 2. The van der Waals surface area contributed by atoms with Crippen LogP contribution in [0.1, 0.15) is 52.5 Å². The Hall–Kier alpha value is -1.22. The van der Waals surface area contributed by atoms with Gasteiger partial charge in [-0.25, -0.2) is 0 Å². The van der Waals surface area contributed by atoms with Crippen LogP contribution in [0.15, 0.2) is 18.2 Å². The van der Waals surface area contributed by atoms with E-state index in [1.807, 2.05) is 6.07 Å². The van der Waals surface area contributed by atoms with Crippen molar-refractivity contribution < 1.29 is 9.84 Å². The Labute approximate surface area is 128 Å².